The second-order valence-electron chi connectivity index (χ2n) is 6.56. The summed E-state index contributed by atoms with van der Waals surface area (Å²) in [5.41, 5.74) is 0.907. The number of likely N-dealkylation sites (tertiary alicyclic amines) is 1. The number of nitrogens with zero attached hydrogens (tertiary/aromatic N) is 2. The molecular weight excluding hydrogens is 410 g/mol. The smallest absolute Gasteiger partial charge is 0.230 e. The number of piperidine rings is 1. The van der Waals surface area contributed by atoms with E-state index in [4.69, 9.17) is 4.74 Å². The first-order valence-corrected chi connectivity index (χ1v) is 9.67. The highest BCUT2D eigenvalue weighted by Crippen LogP contribution is 2.20. The molecule has 1 N–H and O–H groups in total. The van der Waals surface area contributed by atoms with Gasteiger partial charge in [0, 0.05) is 23.8 Å². The van der Waals surface area contributed by atoms with Gasteiger partial charge >= 0.3 is 0 Å². The van der Waals surface area contributed by atoms with Crippen molar-refractivity contribution in [2.45, 2.75) is 19.3 Å². The number of pyridine rings is 1. The summed E-state index contributed by atoms with van der Waals surface area (Å²) >= 11 is 3.32. The fourth-order valence-electron chi connectivity index (χ4n) is 3.16. The van der Waals surface area contributed by atoms with Crippen LogP contribution in [-0.4, -0.2) is 41.9 Å². The fourth-order valence-corrected chi connectivity index (χ4v) is 3.40. The molecule has 142 valence electrons. The minimum Gasteiger partial charge on any atom is -0.497 e. The van der Waals surface area contributed by atoms with E-state index in [1.54, 1.807) is 24.3 Å². The molecule has 3 rings (SSSR count). The predicted molar refractivity (Wildman–Crippen MR) is 107 cm³/mol. The van der Waals surface area contributed by atoms with E-state index < -0.39 is 0 Å². The Kier molecular flexibility index (Phi) is 6.45. The molecule has 2 amide bonds. The Hall–Kier alpha value is -2.41. The highest BCUT2D eigenvalue weighted by molar-refractivity contribution is 9.10. The molecule has 0 aliphatic carbocycles. The lowest BCUT2D eigenvalue weighted by Crippen LogP contribution is -2.44. The highest BCUT2D eigenvalue weighted by Gasteiger charge is 2.28. The number of carbonyl (C=O) groups excluding carboxylic acids is 2. The van der Waals surface area contributed by atoms with Crippen LogP contribution in [0.25, 0.3) is 0 Å². The summed E-state index contributed by atoms with van der Waals surface area (Å²) < 4.78 is 6.06. The Morgan fingerprint density at radius 1 is 1.33 bits per heavy atom. The largest absolute Gasteiger partial charge is 0.497 e. The molecule has 0 radical (unpaired) electrons. The number of aromatic nitrogens is 1. The first kappa shape index (κ1) is 19.4. The average Bonchev–Trinajstić information content (AvgIpc) is 2.70. The SMILES string of the molecule is COc1cccc(CC(=O)N2CCCC(C(=O)Nc3ccc(Br)cn3)C2)c1. The van der Waals surface area contributed by atoms with E-state index in [0.717, 1.165) is 28.6 Å². The first-order valence-electron chi connectivity index (χ1n) is 8.88. The molecule has 1 unspecified atom stereocenters. The molecule has 27 heavy (non-hydrogen) atoms. The highest BCUT2D eigenvalue weighted by atomic mass is 79.9. The maximum absolute atomic E-state index is 12.7. The molecule has 1 aliphatic rings. The van der Waals surface area contributed by atoms with Gasteiger partial charge < -0.3 is 15.0 Å². The summed E-state index contributed by atoms with van der Waals surface area (Å²) in [5, 5.41) is 2.84. The van der Waals surface area contributed by atoms with Crippen LogP contribution in [0.1, 0.15) is 18.4 Å². The van der Waals surface area contributed by atoms with Crippen molar-refractivity contribution in [3.8, 4) is 5.75 Å². The third-order valence-electron chi connectivity index (χ3n) is 4.61. The lowest BCUT2D eigenvalue weighted by Gasteiger charge is -2.32. The number of carbonyl (C=O) groups is 2. The molecule has 0 spiro atoms. The molecule has 1 saturated heterocycles. The van der Waals surface area contributed by atoms with Gasteiger partial charge in [-0.2, -0.15) is 0 Å². The van der Waals surface area contributed by atoms with E-state index in [-0.39, 0.29) is 17.7 Å². The maximum atomic E-state index is 12.7. The van der Waals surface area contributed by atoms with Crippen molar-refractivity contribution in [3.05, 3.63) is 52.6 Å². The van der Waals surface area contributed by atoms with Crippen molar-refractivity contribution in [1.82, 2.24) is 9.88 Å². The fraction of sp³-hybridized carbons (Fsp3) is 0.350. The normalized spacial score (nSPS) is 16.7. The van der Waals surface area contributed by atoms with Crippen LogP contribution in [0.15, 0.2) is 47.1 Å². The number of amides is 2. The molecular formula is C20H22BrN3O3. The summed E-state index contributed by atoms with van der Waals surface area (Å²) in [6.07, 6.45) is 3.53. The number of anilines is 1. The van der Waals surface area contributed by atoms with Crippen LogP contribution in [0.4, 0.5) is 5.82 Å². The van der Waals surface area contributed by atoms with Gasteiger partial charge in [-0.25, -0.2) is 4.98 Å². The van der Waals surface area contributed by atoms with Crippen LogP contribution < -0.4 is 10.1 Å². The molecule has 1 atom stereocenters. The number of benzene rings is 1. The monoisotopic (exact) mass is 431 g/mol. The van der Waals surface area contributed by atoms with Gasteiger partial charge in [-0.1, -0.05) is 12.1 Å². The number of rotatable bonds is 5. The lowest BCUT2D eigenvalue weighted by atomic mass is 9.96. The van der Waals surface area contributed by atoms with E-state index in [9.17, 15) is 9.59 Å². The topological polar surface area (TPSA) is 71.5 Å². The number of halogens is 1. The molecule has 0 saturated carbocycles. The molecule has 7 heteroatoms. The quantitative estimate of drug-likeness (QED) is 0.788. The summed E-state index contributed by atoms with van der Waals surface area (Å²) in [6, 6.07) is 11.1. The molecule has 2 heterocycles. The van der Waals surface area contributed by atoms with Crippen LogP contribution in [0.5, 0.6) is 5.75 Å². The van der Waals surface area contributed by atoms with Crippen molar-refractivity contribution >= 4 is 33.6 Å². The Morgan fingerprint density at radius 3 is 2.93 bits per heavy atom. The van der Waals surface area contributed by atoms with Crippen molar-refractivity contribution < 1.29 is 14.3 Å². The van der Waals surface area contributed by atoms with Crippen molar-refractivity contribution in [3.63, 3.8) is 0 Å². The minimum absolute atomic E-state index is 0.0301. The molecule has 1 aromatic heterocycles. The van der Waals surface area contributed by atoms with Crippen molar-refractivity contribution in [2.24, 2.45) is 5.92 Å². The predicted octanol–water partition coefficient (Wildman–Crippen LogP) is 3.27. The van der Waals surface area contributed by atoms with Gasteiger partial charge in [0.2, 0.25) is 11.8 Å². The van der Waals surface area contributed by atoms with E-state index >= 15 is 0 Å². The third-order valence-corrected chi connectivity index (χ3v) is 5.08. The molecule has 1 aromatic carbocycles. The second kappa shape index (κ2) is 8.99. The van der Waals surface area contributed by atoms with Crippen molar-refractivity contribution in [2.75, 3.05) is 25.5 Å². The standard InChI is InChI=1S/C20H22BrN3O3/c1-27-17-6-2-4-14(10-17)11-19(25)24-9-3-5-15(13-24)20(26)23-18-8-7-16(21)12-22-18/h2,4,6-8,10,12,15H,3,5,9,11,13H2,1H3,(H,22,23,26). The van der Waals surface area contributed by atoms with Gasteiger partial charge in [0.1, 0.15) is 11.6 Å². The maximum Gasteiger partial charge on any atom is 0.230 e. The summed E-state index contributed by atoms with van der Waals surface area (Å²) in [6.45, 7) is 1.12. The Labute approximate surface area is 167 Å². The van der Waals surface area contributed by atoms with Gasteiger partial charge in [0.05, 0.1) is 19.4 Å². The van der Waals surface area contributed by atoms with Crippen molar-refractivity contribution in [1.29, 1.82) is 0 Å². The molecule has 6 nitrogen and oxygen atoms in total. The van der Waals surface area contributed by atoms with Crippen LogP contribution in [0.3, 0.4) is 0 Å². The van der Waals surface area contributed by atoms with E-state index in [1.807, 2.05) is 30.3 Å². The number of ether oxygens (including phenoxy) is 1. The molecule has 2 aromatic rings. The van der Waals surface area contributed by atoms with Gasteiger partial charge in [-0.15, -0.1) is 0 Å². The van der Waals surface area contributed by atoms with Gasteiger partial charge in [0.25, 0.3) is 0 Å². The van der Waals surface area contributed by atoms with Crippen LogP contribution in [-0.2, 0) is 16.0 Å². The number of hydrogen-bond donors (Lipinski definition) is 1. The number of hydrogen-bond acceptors (Lipinski definition) is 4. The Bertz CT molecular complexity index is 810. The zero-order valence-corrected chi connectivity index (χ0v) is 16.7. The lowest BCUT2D eigenvalue weighted by molar-refractivity contribution is -0.133. The van der Waals surface area contributed by atoms with Gasteiger partial charge in [-0.05, 0) is 58.6 Å². The summed E-state index contributed by atoms with van der Waals surface area (Å²) in [5.74, 6) is 0.964. The molecule has 1 aliphatic heterocycles. The zero-order chi connectivity index (χ0) is 19.2. The van der Waals surface area contributed by atoms with Crippen LogP contribution in [0, 0.1) is 5.92 Å². The molecule has 0 bridgehead atoms. The number of nitrogens with one attached hydrogen (secondary N) is 1. The molecule has 1 fully saturated rings. The second-order valence-corrected chi connectivity index (χ2v) is 7.47. The zero-order valence-electron chi connectivity index (χ0n) is 15.2. The minimum atomic E-state index is -0.224. The Morgan fingerprint density at radius 2 is 2.19 bits per heavy atom. The van der Waals surface area contributed by atoms with E-state index in [2.05, 4.69) is 26.2 Å². The summed E-state index contributed by atoms with van der Waals surface area (Å²) in [4.78, 5) is 31.2. The average molecular weight is 432 g/mol. The van der Waals surface area contributed by atoms with Crippen LogP contribution in [0.2, 0.25) is 0 Å². The third kappa shape index (κ3) is 5.29. The van der Waals surface area contributed by atoms with E-state index in [1.165, 1.54) is 0 Å². The Balaban J connectivity index is 1.58. The van der Waals surface area contributed by atoms with Gasteiger partial charge in [0.15, 0.2) is 0 Å². The summed E-state index contributed by atoms with van der Waals surface area (Å²) in [7, 11) is 1.61. The van der Waals surface area contributed by atoms with Gasteiger partial charge in [-0.3, -0.25) is 9.59 Å². The number of methoxy groups -OCH3 is 1. The first-order chi connectivity index (χ1) is 13.0. The van der Waals surface area contributed by atoms with Crippen LogP contribution >= 0.6 is 15.9 Å². The van der Waals surface area contributed by atoms with E-state index in [0.29, 0.717) is 25.3 Å².